The number of halogens is 1. The van der Waals surface area contributed by atoms with Crippen molar-refractivity contribution in [2.24, 2.45) is 0 Å². The van der Waals surface area contributed by atoms with Crippen molar-refractivity contribution in [1.82, 2.24) is 0 Å². The molecule has 0 saturated heterocycles. The number of rotatable bonds is 4. The van der Waals surface area contributed by atoms with Gasteiger partial charge in [-0.2, -0.15) is 0 Å². The van der Waals surface area contributed by atoms with E-state index >= 15 is 0 Å². The molecule has 0 aliphatic carbocycles. The molecule has 0 aliphatic heterocycles. The molecule has 1 aromatic rings. The highest BCUT2D eigenvalue weighted by Gasteiger charge is 1.99. The number of hydrogen-bond acceptors (Lipinski definition) is 1. The van der Waals surface area contributed by atoms with Gasteiger partial charge in [0.2, 0.25) is 0 Å². The lowest BCUT2D eigenvalue weighted by Crippen LogP contribution is -1.84. The highest BCUT2D eigenvalue weighted by molar-refractivity contribution is 9.09. The molecule has 0 unspecified atom stereocenters. The molecule has 0 aliphatic rings. The fourth-order valence-electron chi connectivity index (χ4n) is 1.20. The molecule has 1 rings (SSSR count). The molecule has 1 aromatic heterocycles. The van der Waals surface area contributed by atoms with Gasteiger partial charge in [0.1, 0.15) is 0 Å². The molecular weight excluding hydrogens is 256 g/mol. The van der Waals surface area contributed by atoms with Crippen molar-refractivity contribution in [1.29, 1.82) is 0 Å². The Bertz CT molecular complexity index is 317. The minimum absolute atomic E-state index is 0.936. The number of unbranched alkanes of at least 4 members (excludes halogenated alkanes) is 1. The Kier molecular flexibility index (Phi) is 5.98. The molecule has 0 spiro atoms. The van der Waals surface area contributed by atoms with Crippen molar-refractivity contribution >= 4 is 27.3 Å². The van der Waals surface area contributed by atoms with Crippen LogP contribution >= 0.6 is 27.3 Å². The van der Waals surface area contributed by atoms with Gasteiger partial charge in [-0.3, -0.25) is 0 Å². The highest BCUT2D eigenvalue weighted by Crippen LogP contribution is 2.17. The maximum absolute atomic E-state index is 3.38. The van der Waals surface area contributed by atoms with Crippen molar-refractivity contribution in [2.45, 2.75) is 32.6 Å². The molecule has 0 atom stereocenters. The van der Waals surface area contributed by atoms with Gasteiger partial charge in [-0.25, -0.2) is 0 Å². The van der Waals surface area contributed by atoms with Crippen molar-refractivity contribution in [3.05, 3.63) is 21.9 Å². The van der Waals surface area contributed by atoms with Gasteiger partial charge in [0.15, 0.2) is 0 Å². The Labute approximate surface area is 98.9 Å². The molecular formula is C12H15BrS. The Morgan fingerprint density at radius 2 is 2.36 bits per heavy atom. The smallest absolute Gasteiger partial charge is 0.0800 e. The van der Waals surface area contributed by atoms with Crippen molar-refractivity contribution in [2.75, 3.05) is 5.33 Å². The third-order valence-corrected chi connectivity index (χ3v) is 3.24. The maximum Gasteiger partial charge on any atom is 0.0800 e. The van der Waals surface area contributed by atoms with Crippen LogP contribution in [0.5, 0.6) is 0 Å². The summed E-state index contributed by atoms with van der Waals surface area (Å²) >= 11 is 5.14. The first kappa shape index (κ1) is 11.8. The largest absolute Gasteiger partial charge is 0.135 e. The summed E-state index contributed by atoms with van der Waals surface area (Å²) in [6.07, 6.45) is 4.64. The molecule has 2 heteroatoms. The van der Waals surface area contributed by atoms with E-state index in [4.69, 9.17) is 0 Å². The minimum Gasteiger partial charge on any atom is -0.135 e. The van der Waals surface area contributed by atoms with Crippen LogP contribution in [0.25, 0.3) is 0 Å². The van der Waals surface area contributed by atoms with E-state index in [2.05, 4.69) is 46.1 Å². The molecule has 0 amide bonds. The van der Waals surface area contributed by atoms with E-state index in [1.807, 2.05) is 0 Å². The summed E-state index contributed by atoms with van der Waals surface area (Å²) in [5.41, 5.74) is 1.43. The highest BCUT2D eigenvalue weighted by atomic mass is 79.9. The summed E-state index contributed by atoms with van der Waals surface area (Å²) in [7, 11) is 0. The molecule has 0 fully saturated rings. The number of hydrogen-bond donors (Lipinski definition) is 0. The molecule has 0 N–H and O–H groups in total. The molecule has 1 heterocycles. The van der Waals surface area contributed by atoms with Crippen LogP contribution in [0, 0.1) is 11.8 Å². The molecule has 76 valence electrons. The lowest BCUT2D eigenvalue weighted by Gasteiger charge is -1.95. The average Bonchev–Trinajstić information content (AvgIpc) is 2.63. The molecule has 0 saturated carbocycles. The monoisotopic (exact) mass is 270 g/mol. The predicted octanol–water partition coefficient (Wildman–Crippen LogP) is 4.23. The maximum atomic E-state index is 3.38. The quantitative estimate of drug-likeness (QED) is 0.568. The van der Waals surface area contributed by atoms with E-state index < -0.39 is 0 Å². The fourth-order valence-corrected chi connectivity index (χ4v) is 2.22. The second kappa shape index (κ2) is 7.09. The van der Waals surface area contributed by atoms with Crippen molar-refractivity contribution in [3.8, 4) is 11.8 Å². The van der Waals surface area contributed by atoms with Gasteiger partial charge in [-0.05, 0) is 29.9 Å². The van der Waals surface area contributed by atoms with Gasteiger partial charge in [-0.15, -0.1) is 11.3 Å². The second-order valence-corrected chi connectivity index (χ2v) is 4.83. The third-order valence-electron chi connectivity index (χ3n) is 1.97. The van der Waals surface area contributed by atoms with E-state index in [1.54, 1.807) is 11.3 Å². The topological polar surface area (TPSA) is 0 Å². The number of alkyl halides is 1. The Balaban J connectivity index is 2.59. The molecule has 0 nitrogen and oxygen atoms in total. The van der Waals surface area contributed by atoms with Crippen LogP contribution in [0.4, 0.5) is 0 Å². The van der Waals surface area contributed by atoms with Crippen LogP contribution in [-0.2, 0) is 6.42 Å². The Morgan fingerprint density at radius 3 is 3.07 bits per heavy atom. The van der Waals surface area contributed by atoms with Gasteiger partial charge in [0.25, 0.3) is 0 Å². The first-order chi connectivity index (χ1) is 6.88. The summed E-state index contributed by atoms with van der Waals surface area (Å²) in [5.74, 6) is 6.41. The van der Waals surface area contributed by atoms with E-state index in [0.717, 1.165) is 11.8 Å². The van der Waals surface area contributed by atoms with Gasteiger partial charge in [0, 0.05) is 11.8 Å². The van der Waals surface area contributed by atoms with Gasteiger partial charge in [-0.1, -0.05) is 41.1 Å². The molecule has 0 bridgehead atoms. The lowest BCUT2D eigenvalue weighted by atomic mass is 10.1. The van der Waals surface area contributed by atoms with Crippen LogP contribution in [0.2, 0.25) is 0 Å². The van der Waals surface area contributed by atoms with Crippen molar-refractivity contribution in [3.63, 3.8) is 0 Å². The zero-order valence-electron chi connectivity index (χ0n) is 8.48. The number of thiophene rings is 1. The Hall–Kier alpha value is -0.260. The van der Waals surface area contributed by atoms with Crippen LogP contribution in [0.15, 0.2) is 11.4 Å². The van der Waals surface area contributed by atoms with Crippen LogP contribution in [0.1, 0.15) is 36.6 Å². The summed E-state index contributed by atoms with van der Waals surface area (Å²) < 4.78 is 0. The summed E-state index contributed by atoms with van der Waals surface area (Å²) in [6, 6.07) is 2.21. The molecule has 0 aromatic carbocycles. The van der Waals surface area contributed by atoms with Gasteiger partial charge < -0.3 is 0 Å². The number of aryl methyl sites for hydroxylation is 1. The minimum atomic E-state index is 0.936. The first-order valence-corrected chi connectivity index (χ1v) is 6.99. The lowest BCUT2D eigenvalue weighted by molar-refractivity contribution is 0.796. The van der Waals surface area contributed by atoms with Crippen LogP contribution in [-0.4, -0.2) is 5.33 Å². The van der Waals surface area contributed by atoms with Crippen molar-refractivity contribution < 1.29 is 0 Å². The van der Waals surface area contributed by atoms with Crippen LogP contribution < -0.4 is 0 Å². The zero-order chi connectivity index (χ0) is 10.2. The fraction of sp³-hybridized carbons (Fsp3) is 0.500. The standard InChI is InChI=1S/C12H15BrS/c1-2-3-6-11-8-10-14-12(11)7-4-5-9-13/h8,10H,2-3,5-6,9H2,1H3. The van der Waals surface area contributed by atoms with Gasteiger partial charge >= 0.3 is 0 Å². The van der Waals surface area contributed by atoms with E-state index in [9.17, 15) is 0 Å². The predicted molar refractivity (Wildman–Crippen MR) is 68.2 cm³/mol. The summed E-state index contributed by atoms with van der Waals surface area (Å²) in [4.78, 5) is 1.26. The summed E-state index contributed by atoms with van der Waals surface area (Å²) in [6.45, 7) is 2.22. The SMILES string of the molecule is CCCCc1ccsc1C#CCCBr. The normalized spacial score (nSPS) is 9.57. The Morgan fingerprint density at radius 1 is 1.50 bits per heavy atom. The van der Waals surface area contributed by atoms with E-state index in [-0.39, 0.29) is 0 Å². The molecule has 14 heavy (non-hydrogen) atoms. The average molecular weight is 271 g/mol. The molecule has 0 radical (unpaired) electrons. The van der Waals surface area contributed by atoms with Crippen LogP contribution in [0.3, 0.4) is 0 Å². The van der Waals surface area contributed by atoms with E-state index in [0.29, 0.717) is 0 Å². The zero-order valence-corrected chi connectivity index (χ0v) is 10.9. The second-order valence-electron chi connectivity index (χ2n) is 3.12. The van der Waals surface area contributed by atoms with Gasteiger partial charge in [0.05, 0.1) is 4.88 Å². The van der Waals surface area contributed by atoms with E-state index in [1.165, 1.54) is 29.7 Å². The summed E-state index contributed by atoms with van der Waals surface area (Å²) in [5, 5.41) is 3.11. The third kappa shape index (κ3) is 3.86. The first-order valence-electron chi connectivity index (χ1n) is 4.99.